The number of esters is 1. The molecule has 1 aromatic carbocycles. The summed E-state index contributed by atoms with van der Waals surface area (Å²) in [6.45, 7) is 1.40. The van der Waals surface area contributed by atoms with E-state index in [0.717, 1.165) is 7.11 Å². The average molecular weight is 333 g/mol. The Morgan fingerprint density at radius 2 is 1.71 bits per heavy atom. The van der Waals surface area contributed by atoms with E-state index in [1.807, 2.05) is 17.4 Å². The number of alkyl carbamates (subject to hydrolysis) is 1. The summed E-state index contributed by atoms with van der Waals surface area (Å²) in [6, 6.07) is 7.34. The van der Waals surface area contributed by atoms with Crippen LogP contribution in [0.25, 0.3) is 0 Å². The van der Waals surface area contributed by atoms with Gasteiger partial charge in [-0.05, 0) is 43.4 Å². The SMILES string of the molecule is COC(=O)NC(=O)[C@@H](C)OC(=O)c1ccc(C2CCCCC2)cc1. The van der Waals surface area contributed by atoms with E-state index in [4.69, 9.17) is 4.74 Å². The predicted octanol–water partition coefficient (Wildman–Crippen LogP) is 3.16. The third kappa shape index (κ3) is 4.81. The molecule has 0 saturated heterocycles. The molecule has 0 heterocycles. The fourth-order valence-electron chi connectivity index (χ4n) is 2.86. The van der Waals surface area contributed by atoms with Crippen molar-refractivity contribution in [2.75, 3.05) is 7.11 Å². The zero-order valence-electron chi connectivity index (χ0n) is 14.0. The fraction of sp³-hybridized carbons (Fsp3) is 0.500. The number of benzene rings is 1. The third-order valence-corrected chi connectivity index (χ3v) is 4.29. The molecule has 1 saturated carbocycles. The molecule has 24 heavy (non-hydrogen) atoms. The lowest BCUT2D eigenvalue weighted by atomic mass is 9.84. The summed E-state index contributed by atoms with van der Waals surface area (Å²) in [4.78, 5) is 34.7. The fourth-order valence-corrected chi connectivity index (χ4v) is 2.86. The molecule has 1 atom stereocenters. The van der Waals surface area contributed by atoms with Crippen molar-refractivity contribution in [1.82, 2.24) is 5.32 Å². The van der Waals surface area contributed by atoms with Gasteiger partial charge in [0.2, 0.25) is 0 Å². The van der Waals surface area contributed by atoms with Crippen LogP contribution >= 0.6 is 0 Å². The van der Waals surface area contributed by atoms with Crippen LogP contribution < -0.4 is 5.32 Å². The zero-order chi connectivity index (χ0) is 17.5. The summed E-state index contributed by atoms with van der Waals surface area (Å²) in [7, 11) is 1.15. The molecule has 1 fully saturated rings. The number of nitrogens with one attached hydrogen (secondary N) is 1. The monoisotopic (exact) mass is 333 g/mol. The molecule has 2 rings (SSSR count). The Morgan fingerprint density at radius 1 is 1.08 bits per heavy atom. The van der Waals surface area contributed by atoms with E-state index in [-0.39, 0.29) is 0 Å². The largest absolute Gasteiger partial charge is 0.453 e. The van der Waals surface area contributed by atoms with Gasteiger partial charge in [0.25, 0.3) is 5.91 Å². The first-order chi connectivity index (χ1) is 11.5. The highest BCUT2D eigenvalue weighted by Crippen LogP contribution is 2.32. The molecule has 1 N–H and O–H groups in total. The number of hydrogen-bond acceptors (Lipinski definition) is 5. The third-order valence-electron chi connectivity index (χ3n) is 4.29. The van der Waals surface area contributed by atoms with Crippen LogP contribution in [0.3, 0.4) is 0 Å². The van der Waals surface area contributed by atoms with E-state index < -0.39 is 24.1 Å². The number of amides is 2. The van der Waals surface area contributed by atoms with Gasteiger partial charge in [0, 0.05) is 0 Å². The van der Waals surface area contributed by atoms with Crippen molar-refractivity contribution < 1.29 is 23.9 Å². The molecule has 1 aromatic rings. The minimum atomic E-state index is -1.09. The standard InChI is InChI=1S/C18H23NO5/c1-12(16(20)19-18(22)23-2)24-17(21)15-10-8-14(9-11-15)13-6-4-3-5-7-13/h8-13H,3-7H2,1-2H3,(H,19,20,22)/t12-/m1/s1. The highest BCUT2D eigenvalue weighted by molar-refractivity contribution is 5.97. The second-order valence-electron chi connectivity index (χ2n) is 5.99. The number of hydrogen-bond donors (Lipinski definition) is 1. The first kappa shape index (κ1) is 18.0. The van der Waals surface area contributed by atoms with Gasteiger partial charge < -0.3 is 9.47 Å². The maximum atomic E-state index is 12.1. The zero-order valence-corrected chi connectivity index (χ0v) is 14.0. The number of ether oxygens (including phenoxy) is 2. The van der Waals surface area contributed by atoms with E-state index >= 15 is 0 Å². The van der Waals surface area contributed by atoms with Gasteiger partial charge >= 0.3 is 12.1 Å². The van der Waals surface area contributed by atoms with Crippen LogP contribution in [0.4, 0.5) is 4.79 Å². The van der Waals surface area contributed by atoms with E-state index in [1.165, 1.54) is 44.6 Å². The average Bonchev–Trinajstić information content (AvgIpc) is 2.62. The van der Waals surface area contributed by atoms with Crippen molar-refractivity contribution in [3.8, 4) is 0 Å². The van der Waals surface area contributed by atoms with Gasteiger partial charge in [-0.1, -0.05) is 31.4 Å². The van der Waals surface area contributed by atoms with Crippen molar-refractivity contribution in [1.29, 1.82) is 0 Å². The van der Waals surface area contributed by atoms with Gasteiger partial charge in [-0.2, -0.15) is 0 Å². The van der Waals surface area contributed by atoms with Crippen LogP contribution in [0.1, 0.15) is 60.9 Å². The topological polar surface area (TPSA) is 81.7 Å². The summed E-state index contributed by atoms with van der Waals surface area (Å²) in [5, 5.41) is 1.96. The molecule has 0 spiro atoms. The van der Waals surface area contributed by atoms with E-state index in [0.29, 0.717) is 11.5 Å². The molecular formula is C18H23NO5. The minimum absolute atomic E-state index is 0.382. The Kier molecular flexibility index (Phi) is 6.35. The van der Waals surface area contributed by atoms with E-state index in [9.17, 15) is 14.4 Å². The van der Waals surface area contributed by atoms with Gasteiger partial charge in [0.05, 0.1) is 12.7 Å². The van der Waals surface area contributed by atoms with E-state index in [1.54, 1.807) is 12.1 Å². The van der Waals surface area contributed by atoms with Crippen LogP contribution in [0.15, 0.2) is 24.3 Å². The Morgan fingerprint density at radius 3 is 2.29 bits per heavy atom. The summed E-state index contributed by atoms with van der Waals surface area (Å²) >= 11 is 0. The van der Waals surface area contributed by atoms with Gasteiger partial charge in [-0.15, -0.1) is 0 Å². The van der Waals surface area contributed by atoms with E-state index in [2.05, 4.69) is 4.74 Å². The second kappa shape index (κ2) is 8.47. The minimum Gasteiger partial charge on any atom is -0.453 e. The molecule has 130 valence electrons. The molecule has 0 radical (unpaired) electrons. The molecule has 1 aliphatic rings. The lowest BCUT2D eigenvalue weighted by Gasteiger charge is -2.22. The summed E-state index contributed by atoms with van der Waals surface area (Å²) in [5.74, 6) is -0.764. The van der Waals surface area contributed by atoms with Gasteiger partial charge in [0.1, 0.15) is 0 Å². The normalized spacial score (nSPS) is 16.1. The Hall–Kier alpha value is -2.37. The van der Waals surface area contributed by atoms with Crippen LogP contribution in [-0.4, -0.2) is 31.2 Å². The van der Waals surface area contributed by atoms with Crippen molar-refractivity contribution >= 4 is 18.0 Å². The van der Waals surface area contributed by atoms with Crippen molar-refractivity contribution in [3.63, 3.8) is 0 Å². The molecular weight excluding hydrogens is 310 g/mol. The highest BCUT2D eigenvalue weighted by Gasteiger charge is 2.21. The first-order valence-corrected chi connectivity index (χ1v) is 8.21. The van der Waals surface area contributed by atoms with Crippen LogP contribution in [0.2, 0.25) is 0 Å². The molecule has 0 unspecified atom stereocenters. The van der Waals surface area contributed by atoms with Crippen molar-refractivity contribution in [3.05, 3.63) is 35.4 Å². The van der Waals surface area contributed by atoms with Gasteiger partial charge in [-0.3, -0.25) is 10.1 Å². The first-order valence-electron chi connectivity index (χ1n) is 8.21. The predicted molar refractivity (Wildman–Crippen MR) is 87.7 cm³/mol. The number of methoxy groups -OCH3 is 1. The number of carbonyl (C=O) groups excluding carboxylic acids is 3. The Balaban J connectivity index is 1.92. The molecule has 1 aliphatic carbocycles. The lowest BCUT2D eigenvalue weighted by Crippen LogP contribution is -2.39. The van der Waals surface area contributed by atoms with Crippen LogP contribution in [0, 0.1) is 0 Å². The summed E-state index contributed by atoms with van der Waals surface area (Å²) < 4.78 is 9.39. The number of rotatable bonds is 4. The number of imide groups is 1. The Bertz CT molecular complexity index is 590. The molecule has 0 aliphatic heterocycles. The maximum Gasteiger partial charge on any atom is 0.413 e. The molecule has 0 bridgehead atoms. The molecule has 0 aromatic heterocycles. The van der Waals surface area contributed by atoms with Crippen LogP contribution in [-0.2, 0) is 14.3 Å². The molecule has 6 heteroatoms. The molecule has 6 nitrogen and oxygen atoms in total. The highest BCUT2D eigenvalue weighted by atomic mass is 16.6. The molecule has 2 amide bonds. The van der Waals surface area contributed by atoms with Gasteiger partial charge in [-0.25, -0.2) is 9.59 Å². The maximum absolute atomic E-state index is 12.1. The van der Waals surface area contributed by atoms with Crippen LogP contribution in [0.5, 0.6) is 0 Å². The Labute approximate surface area is 141 Å². The number of carbonyl (C=O) groups is 3. The quantitative estimate of drug-likeness (QED) is 0.856. The summed E-state index contributed by atoms with van der Waals surface area (Å²) in [5.41, 5.74) is 1.62. The lowest BCUT2D eigenvalue weighted by molar-refractivity contribution is -0.128. The van der Waals surface area contributed by atoms with Crippen molar-refractivity contribution in [2.45, 2.75) is 51.0 Å². The second-order valence-corrected chi connectivity index (χ2v) is 5.99. The van der Waals surface area contributed by atoms with Gasteiger partial charge in [0.15, 0.2) is 6.10 Å². The van der Waals surface area contributed by atoms with Crippen molar-refractivity contribution in [2.24, 2.45) is 0 Å². The summed E-state index contributed by atoms with van der Waals surface area (Å²) in [6.07, 6.45) is 4.20. The smallest absolute Gasteiger partial charge is 0.413 e.